The molecule has 2 aliphatic rings. The van der Waals surface area contributed by atoms with Gasteiger partial charge in [0, 0.05) is 18.7 Å². The number of piperidine rings is 1. The van der Waals surface area contributed by atoms with Crippen molar-refractivity contribution >= 4 is 15.9 Å². The highest BCUT2D eigenvalue weighted by atomic mass is 32.2. The molecule has 2 atom stereocenters. The highest BCUT2D eigenvalue weighted by molar-refractivity contribution is 7.89. The summed E-state index contributed by atoms with van der Waals surface area (Å²) in [6.07, 6.45) is 1.11. The number of likely N-dealkylation sites (tertiary alicyclic amines) is 1. The Morgan fingerprint density at radius 2 is 1.86 bits per heavy atom. The summed E-state index contributed by atoms with van der Waals surface area (Å²) in [5, 5.41) is 8.42. The minimum atomic E-state index is -3.71. The minimum Gasteiger partial charge on any atom is -0.338 e. The number of nitrogens with one attached hydrogen (secondary N) is 1. The lowest BCUT2D eigenvalue weighted by molar-refractivity contribution is 0.0784. The number of nitrogens with zero attached hydrogens (tertiary/aromatic N) is 1. The first-order valence-corrected chi connectivity index (χ1v) is 8.62. The second-order valence-corrected chi connectivity index (χ2v) is 7.35. The van der Waals surface area contributed by atoms with Crippen molar-refractivity contribution in [3.63, 3.8) is 0 Å². The maximum Gasteiger partial charge on any atom is 0.253 e. The molecule has 3 N–H and O–H groups in total. The fraction of sp³-hybridized carbons (Fsp3) is 0.500. The average Bonchev–Trinajstić information content (AvgIpc) is 2.89. The Labute approximate surface area is 124 Å². The van der Waals surface area contributed by atoms with Crippen molar-refractivity contribution in [2.45, 2.75) is 11.3 Å². The van der Waals surface area contributed by atoms with Crippen LogP contribution in [0, 0.1) is 11.8 Å². The Morgan fingerprint density at radius 3 is 2.48 bits per heavy atom. The van der Waals surface area contributed by atoms with Crippen molar-refractivity contribution in [1.82, 2.24) is 10.2 Å². The third kappa shape index (κ3) is 2.95. The Morgan fingerprint density at radius 1 is 1.19 bits per heavy atom. The molecule has 3 rings (SSSR count). The van der Waals surface area contributed by atoms with E-state index in [2.05, 4.69) is 5.32 Å². The molecule has 114 valence electrons. The minimum absolute atomic E-state index is 0.0262. The van der Waals surface area contributed by atoms with Crippen LogP contribution in [0.4, 0.5) is 0 Å². The smallest absolute Gasteiger partial charge is 0.253 e. The summed E-state index contributed by atoms with van der Waals surface area (Å²) < 4.78 is 22.4. The second kappa shape index (κ2) is 5.40. The molecule has 2 saturated heterocycles. The summed E-state index contributed by atoms with van der Waals surface area (Å²) in [6, 6.07) is 5.82. The summed E-state index contributed by atoms with van der Waals surface area (Å²) in [5.41, 5.74) is 0.508. The van der Waals surface area contributed by atoms with Gasteiger partial charge in [0.05, 0.1) is 4.90 Å². The molecule has 21 heavy (non-hydrogen) atoms. The number of benzene rings is 1. The van der Waals surface area contributed by atoms with Crippen molar-refractivity contribution in [2.24, 2.45) is 17.0 Å². The van der Waals surface area contributed by atoms with E-state index in [1.54, 1.807) is 0 Å². The van der Waals surface area contributed by atoms with Crippen molar-refractivity contribution < 1.29 is 13.2 Å². The molecule has 0 aromatic heterocycles. The third-order valence-corrected chi connectivity index (χ3v) is 5.32. The lowest BCUT2D eigenvalue weighted by Gasteiger charge is -2.23. The van der Waals surface area contributed by atoms with Gasteiger partial charge in [-0.25, -0.2) is 13.6 Å². The number of hydrogen-bond acceptors (Lipinski definition) is 4. The predicted molar refractivity (Wildman–Crippen MR) is 78.2 cm³/mol. The second-order valence-electron chi connectivity index (χ2n) is 5.79. The first kappa shape index (κ1) is 14.5. The molecule has 0 bridgehead atoms. The fourth-order valence-electron chi connectivity index (χ4n) is 3.21. The van der Waals surface area contributed by atoms with Crippen LogP contribution in [0.2, 0.25) is 0 Å². The van der Waals surface area contributed by atoms with E-state index in [4.69, 9.17) is 5.14 Å². The highest BCUT2D eigenvalue weighted by Crippen LogP contribution is 2.29. The molecule has 2 fully saturated rings. The molecule has 1 aromatic rings. The van der Waals surface area contributed by atoms with Crippen LogP contribution in [0.25, 0.3) is 0 Å². The van der Waals surface area contributed by atoms with Crippen molar-refractivity contribution in [3.8, 4) is 0 Å². The van der Waals surface area contributed by atoms with Gasteiger partial charge in [-0.2, -0.15) is 0 Å². The Kier molecular flexibility index (Phi) is 3.73. The van der Waals surface area contributed by atoms with Gasteiger partial charge >= 0.3 is 0 Å². The highest BCUT2D eigenvalue weighted by Gasteiger charge is 2.36. The number of sulfonamides is 1. The van der Waals surface area contributed by atoms with E-state index in [-0.39, 0.29) is 10.8 Å². The third-order valence-electron chi connectivity index (χ3n) is 4.39. The number of carbonyl (C=O) groups excluding carboxylic acids is 1. The van der Waals surface area contributed by atoms with Crippen LogP contribution < -0.4 is 10.5 Å². The SMILES string of the molecule is NS(=O)(=O)c1ccc(C(=O)N2C[C@H]3CCNC[C@@H]3C2)cc1. The number of hydrogen-bond donors (Lipinski definition) is 2. The largest absolute Gasteiger partial charge is 0.338 e. The maximum atomic E-state index is 12.5. The lowest BCUT2D eigenvalue weighted by Crippen LogP contribution is -2.35. The quantitative estimate of drug-likeness (QED) is 0.805. The Hall–Kier alpha value is -1.44. The van der Waals surface area contributed by atoms with Gasteiger partial charge in [0.1, 0.15) is 0 Å². The summed E-state index contributed by atoms with van der Waals surface area (Å²) in [6.45, 7) is 3.56. The van der Waals surface area contributed by atoms with Gasteiger partial charge in [0.25, 0.3) is 5.91 Å². The van der Waals surface area contributed by atoms with E-state index in [9.17, 15) is 13.2 Å². The van der Waals surface area contributed by atoms with Crippen molar-refractivity contribution in [1.29, 1.82) is 0 Å². The first-order valence-electron chi connectivity index (χ1n) is 7.08. The van der Waals surface area contributed by atoms with Crippen molar-refractivity contribution in [2.75, 3.05) is 26.2 Å². The van der Waals surface area contributed by atoms with Crippen molar-refractivity contribution in [3.05, 3.63) is 29.8 Å². The molecule has 2 aliphatic heterocycles. The van der Waals surface area contributed by atoms with Gasteiger partial charge in [-0.1, -0.05) is 0 Å². The van der Waals surface area contributed by atoms with Gasteiger partial charge in [-0.3, -0.25) is 4.79 Å². The van der Waals surface area contributed by atoms with E-state index in [0.29, 0.717) is 17.4 Å². The van der Waals surface area contributed by atoms with Crippen LogP contribution in [0.1, 0.15) is 16.8 Å². The fourth-order valence-corrected chi connectivity index (χ4v) is 3.72. The molecular weight excluding hydrogens is 290 g/mol. The zero-order chi connectivity index (χ0) is 15.0. The number of nitrogens with two attached hydrogens (primary N) is 1. The standard InChI is InChI=1S/C14H19N3O3S/c15-21(19,20)13-3-1-10(2-4-13)14(18)17-8-11-5-6-16-7-12(11)9-17/h1-4,11-12,16H,5-9H2,(H2,15,19,20)/t11-,12-/m1/s1. The van der Waals surface area contributed by atoms with E-state index in [0.717, 1.165) is 32.6 Å². The predicted octanol–water partition coefficient (Wildman–Crippen LogP) is 0.0155. The molecule has 1 amide bonds. The first-order chi connectivity index (χ1) is 9.95. The molecule has 2 heterocycles. The zero-order valence-corrected chi connectivity index (χ0v) is 12.5. The van der Waals surface area contributed by atoms with Gasteiger partial charge in [0.2, 0.25) is 10.0 Å². The zero-order valence-electron chi connectivity index (χ0n) is 11.7. The van der Waals surface area contributed by atoms with Crippen LogP contribution in [-0.2, 0) is 10.0 Å². The number of primary sulfonamides is 1. The van der Waals surface area contributed by atoms with Crippen LogP contribution in [0.5, 0.6) is 0 Å². The average molecular weight is 309 g/mol. The number of fused-ring (bicyclic) bond motifs is 1. The Bertz CT molecular complexity index is 628. The van der Waals surface area contributed by atoms with Crippen LogP contribution in [0.15, 0.2) is 29.2 Å². The van der Waals surface area contributed by atoms with Gasteiger partial charge < -0.3 is 10.2 Å². The maximum absolute atomic E-state index is 12.5. The number of rotatable bonds is 2. The monoisotopic (exact) mass is 309 g/mol. The van der Waals surface area contributed by atoms with Gasteiger partial charge in [-0.15, -0.1) is 0 Å². The molecular formula is C14H19N3O3S. The van der Waals surface area contributed by atoms with E-state index in [1.807, 2.05) is 4.90 Å². The molecule has 6 nitrogen and oxygen atoms in total. The van der Waals surface area contributed by atoms with Gasteiger partial charge in [-0.05, 0) is 55.6 Å². The molecule has 0 spiro atoms. The lowest BCUT2D eigenvalue weighted by atomic mass is 9.90. The summed E-state index contributed by atoms with van der Waals surface area (Å²) in [7, 11) is -3.71. The van der Waals surface area contributed by atoms with Crippen LogP contribution in [0.3, 0.4) is 0 Å². The van der Waals surface area contributed by atoms with Gasteiger partial charge in [0.15, 0.2) is 0 Å². The summed E-state index contributed by atoms with van der Waals surface area (Å²) in [4.78, 5) is 14.4. The van der Waals surface area contributed by atoms with Crippen LogP contribution >= 0.6 is 0 Å². The molecule has 0 saturated carbocycles. The Balaban J connectivity index is 1.74. The van der Waals surface area contributed by atoms with E-state index < -0.39 is 10.0 Å². The summed E-state index contributed by atoms with van der Waals surface area (Å²) in [5.74, 6) is 1.08. The number of amides is 1. The van der Waals surface area contributed by atoms with E-state index in [1.165, 1.54) is 24.3 Å². The molecule has 0 unspecified atom stereocenters. The number of carbonyl (C=O) groups is 1. The molecule has 0 radical (unpaired) electrons. The summed E-state index contributed by atoms with van der Waals surface area (Å²) >= 11 is 0. The molecule has 0 aliphatic carbocycles. The normalized spacial score (nSPS) is 25.7. The topological polar surface area (TPSA) is 92.5 Å². The van der Waals surface area contributed by atoms with Crippen LogP contribution in [-0.4, -0.2) is 45.4 Å². The van der Waals surface area contributed by atoms with E-state index >= 15 is 0 Å². The molecule has 7 heteroatoms. The molecule has 1 aromatic carbocycles.